The van der Waals surface area contributed by atoms with E-state index in [1.807, 2.05) is 65.2 Å². The van der Waals surface area contributed by atoms with E-state index in [2.05, 4.69) is 22.9 Å². The van der Waals surface area contributed by atoms with Gasteiger partial charge in [0, 0.05) is 75.0 Å². The van der Waals surface area contributed by atoms with Crippen molar-refractivity contribution in [1.82, 2.24) is 24.7 Å². The fourth-order valence-electron chi connectivity index (χ4n) is 9.21. The third kappa shape index (κ3) is 13.7. The fourth-order valence-corrected chi connectivity index (χ4v) is 9.49. The molecule has 0 bridgehead atoms. The van der Waals surface area contributed by atoms with Crippen molar-refractivity contribution in [3.63, 3.8) is 0 Å². The summed E-state index contributed by atoms with van der Waals surface area (Å²) in [5, 5.41) is 19.3. The van der Waals surface area contributed by atoms with E-state index >= 15 is 0 Å². The van der Waals surface area contributed by atoms with Gasteiger partial charge in [-0.2, -0.15) is 5.26 Å². The van der Waals surface area contributed by atoms with Gasteiger partial charge in [0.2, 0.25) is 11.8 Å². The number of carbonyl (C=O) groups is 3. The molecule has 5 N–H and O–H groups in total. The van der Waals surface area contributed by atoms with Gasteiger partial charge in [-0.15, -0.1) is 24.8 Å². The van der Waals surface area contributed by atoms with E-state index in [4.69, 9.17) is 22.6 Å². The predicted molar refractivity (Wildman–Crippen MR) is 258 cm³/mol. The molecule has 0 radical (unpaired) electrons. The van der Waals surface area contributed by atoms with Crippen molar-refractivity contribution in [2.75, 3.05) is 27.2 Å². The third-order valence-electron chi connectivity index (χ3n) is 12.4. The summed E-state index contributed by atoms with van der Waals surface area (Å²) >= 11 is 8.56. The predicted octanol–water partition coefficient (Wildman–Crippen LogP) is 4.69. The van der Waals surface area contributed by atoms with E-state index in [-0.39, 0.29) is 136 Å². The molecule has 3 heterocycles. The maximum Gasteiger partial charge on any atom is 1.00 e. The molecule has 3 fully saturated rings. The summed E-state index contributed by atoms with van der Waals surface area (Å²) in [5.74, 6) is -2.26. The third-order valence-corrected chi connectivity index (χ3v) is 12.8. The zero-order chi connectivity index (χ0) is 46.3. The second-order valence-corrected chi connectivity index (χ2v) is 17.2. The van der Waals surface area contributed by atoms with Gasteiger partial charge < -0.3 is 35.3 Å². The van der Waals surface area contributed by atoms with Crippen molar-refractivity contribution in [3.05, 3.63) is 159 Å². The number of aliphatic hydroxyl groups excluding tert-OH is 1. The van der Waals surface area contributed by atoms with Crippen LogP contribution < -0.4 is 56.7 Å². The molecule has 0 spiro atoms. The van der Waals surface area contributed by atoms with Gasteiger partial charge in [-0.05, 0) is 96.6 Å². The number of H-pyrrole nitrogens is 1. The molecule has 68 heavy (non-hydrogen) atoms. The number of nitrogens with zero attached hydrogens (tertiary/aromatic N) is 4. The van der Waals surface area contributed by atoms with Crippen molar-refractivity contribution in [1.29, 1.82) is 5.26 Å². The number of piperidine rings is 1. The van der Waals surface area contributed by atoms with Crippen LogP contribution in [0.1, 0.15) is 65.7 Å². The van der Waals surface area contributed by atoms with E-state index in [0.29, 0.717) is 48.5 Å². The summed E-state index contributed by atoms with van der Waals surface area (Å²) in [7, 11) is 3.46. The van der Waals surface area contributed by atoms with E-state index in [1.54, 1.807) is 25.9 Å². The number of hydrogen-bond acceptors (Lipinski definition) is 8. The molecule has 4 aromatic carbocycles. The molecule has 2 aliphatic heterocycles. The molecule has 2 aliphatic carbocycles. The van der Waals surface area contributed by atoms with Crippen LogP contribution in [0.4, 0.5) is 17.6 Å². The Bertz CT molecular complexity index is 2610. The summed E-state index contributed by atoms with van der Waals surface area (Å²) in [6.07, 6.45) is 1.37. The average molecular weight is 1050 g/mol. The number of aliphatic hydroxyl groups is 1. The molecule has 5 aromatic rings. The molecule has 20 heteroatoms. The number of imidazole rings is 1. The van der Waals surface area contributed by atoms with Crippen LogP contribution in [0.5, 0.6) is 0 Å². The first-order valence-electron chi connectivity index (χ1n) is 20.8. The number of likely N-dealkylation sites (N-methyl/N-ethyl adjacent to an activating group) is 1. The Kier molecular flexibility index (Phi) is 23.8. The van der Waals surface area contributed by atoms with E-state index in [1.165, 1.54) is 28.5 Å². The minimum absolute atomic E-state index is 0. The molecule has 9 rings (SSSR count). The van der Waals surface area contributed by atoms with Crippen molar-refractivity contribution in [3.8, 4) is 5.40 Å². The van der Waals surface area contributed by atoms with Crippen molar-refractivity contribution < 1.29 is 93.9 Å². The molecule has 2 saturated carbocycles. The van der Waals surface area contributed by atoms with Gasteiger partial charge in [0.15, 0.2) is 10.6 Å². The Morgan fingerprint density at radius 2 is 1.31 bits per heavy atom. The summed E-state index contributed by atoms with van der Waals surface area (Å²) in [6.45, 7) is 3.82. The Morgan fingerprint density at radius 3 is 1.79 bits per heavy atom. The molecule has 11 nitrogen and oxygen atoms in total. The number of halogens is 6. The van der Waals surface area contributed by atoms with Gasteiger partial charge in [0.05, 0.1) is 18.9 Å². The first kappa shape index (κ1) is 60.7. The van der Waals surface area contributed by atoms with Crippen molar-refractivity contribution >= 4 is 67.3 Å². The molecule has 360 valence electrons. The van der Waals surface area contributed by atoms with Gasteiger partial charge in [-0.1, -0.05) is 73.3 Å². The Morgan fingerprint density at radius 1 is 0.838 bits per heavy atom. The van der Waals surface area contributed by atoms with Crippen LogP contribution in [-0.4, -0.2) is 80.8 Å². The number of hydrogen-bond donors (Lipinski definition) is 4. The Labute approximate surface area is 459 Å². The summed E-state index contributed by atoms with van der Waals surface area (Å²) in [4.78, 5) is 44.4. The van der Waals surface area contributed by atoms with E-state index in [0.717, 1.165) is 47.1 Å². The van der Waals surface area contributed by atoms with Crippen molar-refractivity contribution in [2.24, 2.45) is 5.92 Å². The number of nitrogens with one attached hydrogen (secondary N) is 2. The Balaban J connectivity index is 0.000000398. The van der Waals surface area contributed by atoms with Gasteiger partial charge in [-0.25, -0.2) is 17.6 Å². The van der Waals surface area contributed by atoms with Crippen LogP contribution >= 0.6 is 49.7 Å². The number of ketones is 1. The average Bonchev–Trinajstić information content (AvgIpc) is 4.05. The zero-order valence-electron chi connectivity index (χ0n) is 38.0. The first-order chi connectivity index (χ1) is 30.6. The van der Waals surface area contributed by atoms with Crippen LogP contribution in [0.3, 0.4) is 0 Å². The SMILES string of the molecule is CCO.CN(Cc1ccccc1)C(=O)CC(=O)C1NC[C@@]2(c3cc(F)ccc3F)C[C@@H]12.CN(Cc1ccccc1)C(=O)Cc1[nH]c(=S)n2c1[C@@H]1C[C@]1(c1cc(F)ccc1F)C2.Cl.Cl.N#CS.O.[K+]. The van der Waals surface area contributed by atoms with Gasteiger partial charge in [0.1, 0.15) is 28.7 Å². The maximum absolute atomic E-state index is 14.5. The molecule has 4 aliphatic rings. The molecule has 1 unspecified atom stereocenters. The number of thiol groups is 1. The number of amides is 2. The largest absolute Gasteiger partial charge is 1.00 e. The Hall–Kier alpha value is -3.42. The minimum atomic E-state index is -0.536. The molecule has 1 aromatic heterocycles. The smallest absolute Gasteiger partial charge is 0.412 e. The maximum atomic E-state index is 14.5. The van der Waals surface area contributed by atoms with Crippen LogP contribution in [0.15, 0.2) is 97.1 Å². The number of Topliss-reactive ketones (excluding diaryl/α,β-unsaturated/α-hetero) is 1. The second kappa shape index (κ2) is 26.7. The minimum Gasteiger partial charge on any atom is -0.412 e. The molecule has 2 amide bonds. The number of carbonyl (C=O) groups excluding carboxylic acids is 3. The molecule has 1 saturated heterocycles. The topological polar surface area (TPSA) is 166 Å². The van der Waals surface area contributed by atoms with Crippen LogP contribution in [0, 0.1) is 44.6 Å². The number of benzene rings is 4. The van der Waals surface area contributed by atoms with Gasteiger partial charge >= 0.3 is 51.4 Å². The van der Waals surface area contributed by atoms with E-state index < -0.39 is 34.3 Å². The quantitative estimate of drug-likeness (QED) is 0.0372. The zero-order valence-corrected chi connectivity index (χ0v) is 44.4. The standard InChI is InChI=1S/C23H21F2N3OS.C22H22F2N2O2.C2H6O.CHNS.2ClH.K.H2O/c1-27(12-14-5-3-2-4-6-14)20(29)10-19-21-17-11-23(17,13-28(21)22(30)26-19)16-9-15(24)7-8-18(16)25;1-26(12-14-5-3-2-4-6-14)20(28)10-19(27)21-17-11-22(17,13-25-21)16-9-15(23)7-8-18(16)24;1-2-3;2-1-3;;;;/h2-9,17H,10-13H2,1H3,(H,26,30);2-9,17,21,25H,10-13H2,1H3;3H,2H2,1H3;3H;2*1H;;1H2/q;;;;;;+1;/t17-,23+;17-,21?,22+;;;;;;/m00....../s1. The summed E-state index contributed by atoms with van der Waals surface area (Å²) < 4.78 is 58.5. The van der Waals surface area contributed by atoms with E-state index in [9.17, 15) is 31.9 Å². The molecular weight excluding hydrogens is 991 g/mol. The summed E-state index contributed by atoms with van der Waals surface area (Å²) in [5.41, 5.74) is 3.54. The first-order valence-corrected chi connectivity index (χ1v) is 21.7. The monoisotopic (exact) mass is 1040 g/mol. The van der Waals surface area contributed by atoms with Crippen LogP contribution in [0.2, 0.25) is 0 Å². The van der Waals surface area contributed by atoms with Gasteiger partial charge in [0.25, 0.3) is 0 Å². The summed E-state index contributed by atoms with van der Waals surface area (Å²) in [6, 6.07) is 26.0. The number of aromatic amines is 1. The number of rotatable bonds is 11. The van der Waals surface area contributed by atoms with Gasteiger partial charge in [-0.3, -0.25) is 14.4 Å². The number of nitriles is 1. The fraction of sp³-hybridized carbons (Fsp3) is 0.354. The number of aromatic nitrogens is 2. The van der Waals surface area contributed by atoms with Crippen LogP contribution in [-0.2, 0) is 51.3 Å². The molecule has 5 atom stereocenters. The molecular formula is C48H54Cl2F4KN6O5S2+. The van der Waals surface area contributed by atoms with Crippen LogP contribution in [0.25, 0.3) is 0 Å². The second-order valence-electron chi connectivity index (χ2n) is 16.6. The number of thiocyanates is 1. The van der Waals surface area contributed by atoms with Crippen molar-refractivity contribution in [2.45, 2.75) is 75.0 Å². The normalized spacial score (nSPS) is 20.1. The number of fused-ring (bicyclic) bond motifs is 4.